The number of nitrogens with zero attached hydrogens (tertiary/aromatic N) is 1. The van der Waals surface area contributed by atoms with E-state index in [4.69, 9.17) is 11.6 Å². The number of hydrogen-bond acceptors (Lipinski definition) is 3. The second-order valence-corrected chi connectivity index (χ2v) is 7.48. The molecule has 0 spiro atoms. The van der Waals surface area contributed by atoms with Crippen molar-refractivity contribution in [2.45, 2.75) is 19.4 Å². The molecule has 1 saturated heterocycles. The lowest BCUT2D eigenvalue weighted by molar-refractivity contribution is -0.117. The number of hydrogen-bond donors (Lipinski definition) is 1. The summed E-state index contributed by atoms with van der Waals surface area (Å²) in [5.41, 5.74) is 2.01. The topological polar surface area (TPSA) is 32.3 Å². The minimum absolute atomic E-state index is 0.216. The number of carbonyl (C=O) groups excluding carboxylic acids is 1. The first-order valence-electron chi connectivity index (χ1n) is 6.71. The maximum atomic E-state index is 11.7. The van der Waals surface area contributed by atoms with Crippen molar-refractivity contribution in [3.05, 3.63) is 44.0 Å². The zero-order valence-electron chi connectivity index (χ0n) is 11.2. The van der Waals surface area contributed by atoms with E-state index in [1.165, 1.54) is 4.88 Å². The van der Waals surface area contributed by atoms with Crippen molar-refractivity contribution in [3.63, 3.8) is 0 Å². The summed E-state index contributed by atoms with van der Waals surface area (Å²) in [4.78, 5) is 14.7. The van der Waals surface area contributed by atoms with Gasteiger partial charge in [-0.25, -0.2) is 0 Å². The van der Waals surface area contributed by atoms with Gasteiger partial charge in [-0.05, 0) is 52.7 Å². The van der Waals surface area contributed by atoms with Crippen LogP contribution in [-0.2, 0) is 11.3 Å². The van der Waals surface area contributed by atoms with Gasteiger partial charge in [-0.1, -0.05) is 11.6 Å². The van der Waals surface area contributed by atoms with Crippen LogP contribution in [0.4, 0.5) is 11.4 Å². The van der Waals surface area contributed by atoms with Gasteiger partial charge in [0.15, 0.2) is 0 Å². The molecule has 0 aliphatic carbocycles. The Balaban J connectivity index is 1.63. The van der Waals surface area contributed by atoms with Crippen LogP contribution in [0.15, 0.2) is 34.8 Å². The van der Waals surface area contributed by atoms with Gasteiger partial charge in [0.2, 0.25) is 5.91 Å². The predicted octanol–water partition coefficient (Wildman–Crippen LogP) is 4.90. The highest BCUT2D eigenvalue weighted by atomic mass is 79.9. The lowest BCUT2D eigenvalue weighted by Gasteiger charge is -2.16. The first-order chi connectivity index (χ1) is 10.1. The van der Waals surface area contributed by atoms with Gasteiger partial charge in [-0.3, -0.25) is 4.79 Å². The van der Waals surface area contributed by atoms with Crippen molar-refractivity contribution in [2.75, 3.05) is 16.8 Å². The quantitative estimate of drug-likeness (QED) is 0.811. The third-order valence-corrected chi connectivity index (χ3v) is 5.89. The number of thiophene rings is 1. The van der Waals surface area contributed by atoms with E-state index in [0.717, 1.165) is 39.7 Å². The summed E-state index contributed by atoms with van der Waals surface area (Å²) < 4.78 is 1.71. The lowest BCUT2D eigenvalue weighted by atomic mass is 10.2. The first kappa shape index (κ1) is 14.9. The first-order valence-corrected chi connectivity index (χ1v) is 8.70. The monoisotopic (exact) mass is 384 g/mol. The SMILES string of the molecule is O=C1CCCN1c1ccc(NCc2cc(Br)c(Cl)s2)cc1. The van der Waals surface area contributed by atoms with Crippen LogP contribution in [0.2, 0.25) is 4.34 Å². The molecule has 0 unspecified atom stereocenters. The zero-order chi connectivity index (χ0) is 14.8. The Hall–Kier alpha value is -1.04. The summed E-state index contributed by atoms with van der Waals surface area (Å²) >= 11 is 11.0. The number of anilines is 2. The minimum Gasteiger partial charge on any atom is -0.380 e. The van der Waals surface area contributed by atoms with E-state index in [0.29, 0.717) is 6.42 Å². The van der Waals surface area contributed by atoms with Gasteiger partial charge in [0, 0.05) is 40.2 Å². The van der Waals surface area contributed by atoms with Gasteiger partial charge in [0.25, 0.3) is 0 Å². The summed E-state index contributed by atoms with van der Waals surface area (Å²) in [5.74, 6) is 0.216. The molecular weight excluding hydrogens is 372 g/mol. The van der Waals surface area contributed by atoms with Crippen LogP contribution < -0.4 is 10.2 Å². The largest absolute Gasteiger partial charge is 0.380 e. The molecule has 1 aliphatic rings. The van der Waals surface area contributed by atoms with E-state index in [2.05, 4.69) is 21.2 Å². The van der Waals surface area contributed by atoms with E-state index in [1.807, 2.05) is 35.2 Å². The highest BCUT2D eigenvalue weighted by molar-refractivity contribution is 9.10. The molecule has 6 heteroatoms. The van der Waals surface area contributed by atoms with Crippen LogP contribution in [0.3, 0.4) is 0 Å². The molecule has 1 N–H and O–H groups in total. The molecule has 0 saturated carbocycles. The van der Waals surface area contributed by atoms with Gasteiger partial charge < -0.3 is 10.2 Å². The van der Waals surface area contributed by atoms with E-state index in [1.54, 1.807) is 11.3 Å². The van der Waals surface area contributed by atoms with Crippen LogP contribution in [0.25, 0.3) is 0 Å². The van der Waals surface area contributed by atoms with Crippen molar-refractivity contribution >= 4 is 56.1 Å². The highest BCUT2D eigenvalue weighted by Crippen LogP contribution is 2.32. The molecule has 1 amide bonds. The Morgan fingerprint density at radius 1 is 1.33 bits per heavy atom. The van der Waals surface area contributed by atoms with E-state index in [-0.39, 0.29) is 5.91 Å². The fourth-order valence-electron chi connectivity index (χ4n) is 2.35. The zero-order valence-corrected chi connectivity index (χ0v) is 14.4. The molecule has 3 nitrogen and oxygen atoms in total. The molecule has 1 aliphatic heterocycles. The molecule has 3 rings (SSSR count). The van der Waals surface area contributed by atoms with Gasteiger partial charge in [0.05, 0.1) is 0 Å². The molecule has 1 aromatic heterocycles. The molecule has 0 bridgehead atoms. The highest BCUT2D eigenvalue weighted by Gasteiger charge is 2.21. The Morgan fingerprint density at radius 2 is 2.10 bits per heavy atom. The summed E-state index contributed by atoms with van der Waals surface area (Å²) in [5, 5.41) is 3.36. The average Bonchev–Trinajstić information content (AvgIpc) is 3.04. The van der Waals surface area contributed by atoms with Crippen LogP contribution in [-0.4, -0.2) is 12.5 Å². The van der Waals surface area contributed by atoms with Gasteiger partial charge in [-0.2, -0.15) is 0 Å². The fraction of sp³-hybridized carbons (Fsp3) is 0.267. The van der Waals surface area contributed by atoms with E-state index < -0.39 is 0 Å². The van der Waals surface area contributed by atoms with Crippen molar-refractivity contribution < 1.29 is 4.79 Å². The Morgan fingerprint density at radius 3 is 2.67 bits per heavy atom. The molecule has 2 aromatic rings. The minimum atomic E-state index is 0.216. The molecule has 21 heavy (non-hydrogen) atoms. The molecule has 1 aromatic carbocycles. The standard InChI is InChI=1S/C15H14BrClN2OS/c16-13-8-12(21-15(13)17)9-18-10-3-5-11(6-4-10)19-7-1-2-14(19)20/h3-6,8,18H,1-2,7,9H2. The number of carbonyl (C=O) groups is 1. The van der Waals surface area contributed by atoms with Crippen LogP contribution >= 0.6 is 38.9 Å². The second-order valence-electron chi connectivity index (χ2n) is 4.88. The maximum Gasteiger partial charge on any atom is 0.227 e. The Kier molecular flexibility index (Phi) is 4.52. The third kappa shape index (κ3) is 3.42. The van der Waals surface area contributed by atoms with Crippen molar-refractivity contribution in [2.24, 2.45) is 0 Å². The Labute approximate surface area is 141 Å². The van der Waals surface area contributed by atoms with Crippen LogP contribution in [0, 0.1) is 0 Å². The number of nitrogens with one attached hydrogen (secondary N) is 1. The smallest absolute Gasteiger partial charge is 0.227 e. The summed E-state index contributed by atoms with van der Waals surface area (Å²) in [7, 11) is 0. The van der Waals surface area contributed by atoms with Crippen LogP contribution in [0.1, 0.15) is 17.7 Å². The third-order valence-electron chi connectivity index (χ3n) is 3.42. The summed E-state index contributed by atoms with van der Waals surface area (Å²) in [6.45, 7) is 1.56. The van der Waals surface area contributed by atoms with Crippen molar-refractivity contribution in [3.8, 4) is 0 Å². The molecule has 2 heterocycles. The van der Waals surface area contributed by atoms with E-state index in [9.17, 15) is 4.79 Å². The molecule has 0 radical (unpaired) electrons. The summed E-state index contributed by atoms with van der Waals surface area (Å²) in [6, 6.07) is 10.0. The number of halogens is 2. The normalized spacial score (nSPS) is 14.8. The predicted molar refractivity (Wildman–Crippen MR) is 92.4 cm³/mol. The number of amides is 1. The number of rotatable bonds is 4. The lowest BCUT2D eigenvalue weighted by Crippen LogP contribution is -2.23. The Bertz CT molecular complexity index is 637. The van der Waals surface area contributed by atoms with Crippen LogP contribution in [0.5, 0.6) is 0 Å². The molecule has 1 fully saturated rings. The summed E-state index contributed by atoms with van der Waals surface area (Å²) in [6.07, 6.45) is 1.61. The van der Waals surface area contributed by atoms with Gasteiger partial charge in [-0.15, -0.1) is 11.3 Å². The molecular formula is C15H14BrClN2OS. The van der Waals surface area contributed by atoms with Gasteiger partial charge >= 0.3 is 0 Å². The molecule has 0 atom stereocenters. The van der Waals surface area contributed by atoms with Gasteiger partial charge in [0.1, 0.15) is 4.34 Å². The van der Waals surface area contributed by atoms with E-state index >= 15 is 0 Å². The second kappa shape index (κ2) is 6.38. The average molecular weight is 386 g/mol. The number of benzene rings is 1. The van der Waals surface area contributed by atoms with Crippen molar-refractivity contribution in [1.82, 2.24) is 0 Å². The molecule has 110 valence electrons. The van der Waals surface area contributed by atoms with Crippen molar-refractivity contribution in [1.29, 1.82) is 0 Å². The maximum absolute atomic E-state index is 11.7. The fourth-order valence-corrected chi connectivity index (χ4v) is 4.08.